The van der Waals surface area contributed by atoms with Gasteiger partial charge in [0.25, 0.3) is 0 Å². The SMILES string of the molecule is CC(=O)Nc1nc2c(s1)-c1c(c(-c3cccnc3)nn1-c1ccc(C(=O)O)cc1)CC2. The van der Waals surface area contributed by atoms with Crippen LogP contribution >= 0.6 is 11.3 Å². The molecule has 154 valence electrons. The lowest BCUT2D eigenvalue weighted by Crippen LogP contribution is -2.07. The highest BCUT2D eigenvalue weighted by Gasteiger charge is 2.30. The van der Waals surface area contributed by atoms with E-state index in [1.54, 1.807) is 36.7 Å². The first-order chi connectivity index (χ1) is 15.0. The van der Waals surface area contributed by atoms with Gasteiger partial charge in [0, 0.05) is 30.4 Å². The maximum absolute atomic E-state index is 11.5. The molecule has 2 N–H and O–H groups in total. The average Bonchev–Trinajstić information content (AvgIpc) is 3.34. The van der Waals surface area contributed by atoms with Crippen LogP contribution in [0.5, 0.6) is 0 Å². The number of anilines is 1. The highest BCUT2D eigenvalue weighted by molar-refractivity contribution is 7.19. The molecule has 0 fully saturated rings. The summed E-state index contributed by atoms with van der Waals surface area (Å²) in [4.78, 5) is 32.6. The van der Waals surface area contributed by atoms with Crippen molar-refractivity contribution >= 4 is 28.3 Å². The highest BCUT2D eigenvalue weighted by Crippen LogP contribution is 2.44. The predicted molar refractivity (Wildman–Crippen MR) is 117 cm³/mol. The van der Waals surface area contributed by atoms with Gasteiger partial charge in [-0.1, -0.05) is 11.3 Å². The molecular formula is C22H17N5O3S. The Balaban J connectivity index is 1.71. The number of carboxylic acids is 1. The van der Waals surface area contributed by atoms with E-state index in [0.717, 1.165) is 51.6 Å². The number of carboxylic acid groups (broad SMARTS) is 1. The van der Waals surface area contributed by atoms with E-state index in [9.17, 15) is 14.7 Å². The average molecular weight is 431 g/mol. The predicted octanol–water partition coefficient (Wildman–Crippen LogP) is 3.81. The molecule has 31 heavy (non-hydrogen) atoms. The molecule has 0 aliphatic heterocycles. The molecule has 0 unspecified atom stereocenters. The number of hydrogen-bond acceptors (Lipinski definition) is 6. The molecule has 0 saturated heterocycles. The number of aryl methyl sites for hydroxylation is 1. The van der Waals surface area contributed by atoms with Crippen molar-refractivity contribution in [2.24, 2.45) is 0 Å². The standard InChI is InChI=1S/C22H17N5O3S/c1-12(28)24-22-25-17-9-8-16-18(14-3-2-10-23-11-14)26-27(19(16)20(17)31-22)15-6-4-13(5-7-15)21(29)30/h2-7,10-11H,8-9H2,1H3,(H,29,30)(H,24,25,28). The number of aromatic carboxylic acids is 1. The Kier molecular flexibility index (Phi) is 4.59. The summed E-state index contributed by atoms with van der Waals surface area (Å²) in [5.41, 5.74) is 5.63. The van der Waals surface area contributed by atoms with Gasteiger partial charge in [-0.15, -0.1) is 0 Å². The van der Waals surface area contributed by atoms with Crippen molar-refractivity contribution in [2.75, 3.05) is 5.32 Å². The van der Waals surface area contributed by atoms with E-state index >= 15 is 0 Å². The summed E-state index contributed by atoms with van der Waals surface area (Å²) in [6, 6.07) is 10.5. The van der Waals surface area contributed by atoms with E-state index in [2.05, 4.69) is 15.3 Å². The summed E-state index contributed by atoms with van der Waals surface area (Å²) >= 11 is 1.42. The fraction of sp³-hybridized carbons (Fsp3) is 0.136. The molecule has 1 aromatic carbocycles. The number of aromatic nitrogens is 4. The van der Waals surface area contributed by atoms with E-state index < -0.39 is 5.97 Å². The molecule has 0 atom stereocenters. The van der Waals surface area contributed by atoms with Crippen LogP contribution in [-0.2, 0) is 17.6 Å². The highest BCUT2D eigenvalue weighted by atomic mass is 32.1. The van der Waals surface area contributed by atoms with Gasteiger partial charge in [0.1, 0.15) is 0 Å². The molecular weight excluding hydrogens is 414 g/mol. The normalized spacial score (nSPS) is 12.2. The number of carbonyl (C=O) groups is 2. The monoisotopic (exact) mass is 431 g/mol. The lowest BCUT2D eigenvalue weighted by Gasteiger charge is -2.14. The van der Waals surface area contributed by atoms with Crippen LogP contribution in [0.3, 0.4) is 0 Å². The number of carbonyl (C=O) groups excluding carboxylic acids is 1. The minimum absolute atomic E-state index is 0.167. The molecule has 1 aliphatic carbocycles. The zero-order chi connectivity index (χ0) is 21.5. The number of nitrogens with one attached hydrogen (secondary N) is 1. The van der Waals surface area contributed by atoms with Gasteiger partial charge in [0.15, 0.2) is 5.13 Å². The summed E-state index contributed by atoms with van der Waals surface area (Å²) in [6.07, 6.45) is 5.00. The first kappa shape index (κ1) is 19.1. The summed E-state index contributed by atoms with van der Waals surface area (Å²) in [6.45, 7) is 1.46. The third kappa shape index (κ3) is 3.38. The Bertz CT molecular complexity index is 1310. The largest absolute Gasteiger partial charge is 0.478 e. The van der Waals surface area contributed by atoms with Gasteiger partial charge in [-0.3, -0.25) is 9.78 Å². The van der Waals surface area contributed by atoms with E-state index in [0.29, 0.717) is 5.13 Å². The molecule has 3 aromatic heterocycles. The van der Waals surface area contributed by atoms with Crippen molar-refractivity contribution < 1.29 is 14.7 Å². The van der Waals surface area contributed by atoms with Crippen molar-refractivity contribution in [1.29, 1.82) is 0 Å². The van der Waals surface area contributed by atoms with Crippen molar-refractivity contribution in [1.82, 2.24) is 19.7 Å². The van der Waals surface area contributed by atoms with Crippen LogP contribution in [0.4, 0.5) is 5.13 Å². The summed E-state index contributed by atoms with van der Waals surface area (Å²) in [5, 5.41) is 17.5. The quantitative estimate of drug-likeness (QED) is 0.508. The van der Waals surface area contributed by atoms with E-state index in [1.165, 1.54) is 18.3 Å². The second-order valence-electron chi connectivity index (χ2n) is 7.16. The molecule has 9 heteroatoms. The number of thiazole rings is 1. The number of benzene rings is 1. The van der Waals surface area contributed by atoms with Crippen LogP contribution in [0.1, 0.15) is 28.5 Å². The van der Waals surface area contributed by atoms with Crippen molar-refractivity contribution in [3.63, 3.8) is 0 Å². The summed E-state index contributed by atoms with van der Waals surface area (Å²) in [5.74, 6) is -1.14. The maximum Gasteiger partial charge on any atom is 0.335 e. The number of pyridine rings is 1. The maximum atomic E-state index is 11.5. The van der Waals surface area contributed by atoms with Crippen LogP contribution in [0, 0.1) is 0 Å². The van der Waals surface area contributed by atoms with Crippen LogP contribution in [0.15, 0.2) is 48.8 Å². The van der Waals surface area contributed by atoms with Crippen molar-refractivity contribution in [2.45, 2.75) is 19.8 Å². The minimum atomic E-state index is -0.977. The Morgan fingerprint density at radius 3 is 2.65 bits per heavy atom. The van der Waals surface area contributed by atoms with Crippen LogP contribution in [0.2, 0.25) is 0 Å². The first-order valence-electron chi connectivity index (χ1n) is 9.65. The van der Waals surface area contributed by atoms with Gasteiger partial charge >= 0.3 is 5.97 Å². The molecule has 3 heterocycles. The fourth-order valence-electron chi connectivity index (χ4n) is 3.74. The van der Waals surface area contributed by atoms with E-state index in [-0.39, 0.29) is 11.5 Å². The van der Waals surface area contributed by atoms with Crippen molar-refractivity contribution in [3.05, 3.63) is 65.6 Å². The Morgan fingerprint density at radius 2 is 1.97 bits per heavy atom. The number of rotatable bonds is 4. The first-order valence-corrected chi connectivity index (χ1v) is 10.5. The zero-order valence-electron chi connectivity index (χ0n) is 16.5. The minimum Gasteiger partial charge on any atom is -0.478 e. The van der Waals surface area contributed by atoms with E-state index in [1.807, 2.05) is 16.8 Å². The number of hydrogen-bond donors (Lipinski definition) is 2. The Hall–Kier alpha value is -3.85. The van der Waals surface area contributed by atoms with Crippen LogP contribution < -0.4 is 5.32 Å². The summed E-state index contributed by atoms with van der Waals surface area (Å²) in [7, 11) is 0. The second-order valence-corrected chi connectivity index (χ2v) is 8.16. The summed E-state index contributed by atoms with van der Waals surface area (Å²) < 4.78 is 1.83. The number of nitrogens with zero attached hydrogens (tertiary/aromatic N) is 4. The van der Waals surface area contributed by atoms with Gasteiger partial charge in [-0.05, 0) is 49.2 Å². The smallest absolute Gasteiger partial charge is 0.335 e. The lowest BCUT2D eigenvalue weighted by molar-refractivity contribution is -0.114. The Labute approximate surface area is 181 Å². The Morgan fingerprint density at radius 1 is 1.16 bits per heavy atom. The fourth-order valence-corrected chi connectivity index (χ4v) is 4.86. The van der Waals surface area contributed by atoms with E-state index in [4.69, 9.17) is 5.10 Å². The molecule has 1 aliphatic rings. The van der Waals surface area contributed by atoms with Crippen molar-refractivity contribution in [3.8, 4) is 27.5 Å². The zero-order valence-corrected chi connectivity index (χ0v) is 17.3. The number of fused-ring (bicyclic) bond motifs is 3. The van der Waals surface area contributed by atoms with Gasteiger partial charge in [-0.25, -0.2) is 14.5 Å². The molecule has 5 rings (SSSR count). The molecule has 0 radical (unpaired) electrons. The molecule has 0 spiro atoms. The third-order valence-corrected chi connectivity index (χ3v) is 6.10. The lowest BCUT2D eigenvalue weighted by atomic mass is 9.95. The van der Waals surface area contributed by atoms with Gasteiger partial charge in [0.05, 0.1) is 33.2 Å². The number of amides is 1. The molecule has 0 bridgehead atoms. The molecule has 0 saturated carbocycles. The molecule has 4 aromatic rings. The third-order valence-electron chi connectivity index (χ3n) is 5.08. The van der Waals surface area contributed by atoms with Gasteiger partial charge < -0.3 is 10.4 Å². The van der Waals surface area contributed by atoms with Gasteiger partial charge in [0.2, 0.25) is 5.91 Å². The topological polar surface area (TPSA) is 110 Å². The molecule has 1 amide bonds. The molecule has 8 nitrogen and oxygen atoms in total. The van der Waals surface area contributed by atoms with Crippen LogP contribution in [0.25, 0.3) is 27.5 Å². The second kappa shape index (κ2) is 7.44. The van der Waals surface area contributed by atoms with Crippen LogP contribution in [-0.4, -0.2) is 36.7 Å². The van der Waals surface area contributed by atoms with Gasteiger partial charge in [-0.2, -0.15) is 5.10 Å².